The highest BCUT2D eigenvalue weighted by atomic mass is 19.4. The van der Waals surface area contributed by atoms with E-state index in [1.54, 1.807) is 0 Å². The largest absolute Gasteiger partial charge is 0.507 e. The molecule has 1 aromatic rings. The molecule has 100 valence electrons. The minimum Gasteiger partial charge on any atom is -0.507 e. The molecular weight excluding hydrogens is 255 g/mol. The third-order valence-electron chi connectivity index (χ3n) is 2.24. The lowest BCUT2D eigenvalue weighted by Crippen LogP contribution is -2.22. The molecule has 0 aromatic heterocycles. The van der Waals surface area contributed by atoms with Gasteiger partial charge in [0.05, 0.1) is 18.2 Å². The smallest absolute Gasteiger partial charge is 0.416 e. The van der Waals surface area contributed by atoms with Crippen molar-refractivity contribution < 1.29 is 32.9 Å². The van der Waals surface area contributed by atoms with Crippen LogP contribution in [-0.2, 0) is 11.0 Å². The first-order valence-electron chi connectivity index (χ1n) is 4.65. The van der Waals surface area contributed by atoms with Crippen molar-refractivity contribution in [1.82, 2.24) is 0 Å². The monoisotopic (exact) mass is 265 g/mol. The summed E-state index contributed by atoms with van der Waals surface area (Å²) in [6.07, 6.45) is -4.68. The Morgan fingerprint density at radius 3 is 2.39 bits per heavy atom. The molecule has 0 amide bonds. The Hall–Kier alpha value is -1.96. The lowest BCUT2D eigenvalue weighted by atomic mass is 10.0. The number of methoxy groups -OCH3 is 1. The Morgan fingerprint density at radius 1 is 1.44 bits per heavy atom. The van der Waals surface area contributed by atoms with Gasteiger partial charge < -0.3 is 20.7 Å². The number of carbonyl (C=O) groups is 1. The van der Waals surface area contributed by atoms with Crippen molar-refractivity contribution in [2.45, 2.75) is 12.2 Å². The summed E-state index contributed by atoms with van der Waals surface area (Å²) in [5, 5.41) is 18.2. The Balaban J connectivity index is 3.42. The molecule has 0 radical (unpaired) electrons. The number of aromatic hydroxyl groups is 1. The van der Waals surface area contributed by atoms with Gasteiger partial charge in [-0.2, -0.15) is 13.2 Å². The van der Waals surface area contributed by atoms with Crippen molar-refractivity contribution in [1.29, 1.82) is 0 Å². The standard InChI is InChI=1S/C10H10F3NO4/c1-18-6-3-4(10(11,12)13)2-5(15)7(6)8(14)9(16)17/h2-3,8,15H,14H2,1H3,(H,16,17). The highest BCUT2D eigenvalue weighted by Gasteiger charge is 2.34. The molecule has 5 nitrogen and oxygen atoms in total. The molecule has 0 aliphatic heterocycles. The average molecular weight is 265 g/mol. The molecule has 1 aromatic carbocycles. The van der Waals surface area contributed by atoms with Gasteiger partial charge in [-0.3, -0.25) is 4.79 Å². The van der Waals surface area contributed by atoms with E-state index in [0.717, 1.165) is 7.11 Å². The second-order valence-electron chi connectivity index (χ2n) is 3.42. The number of aliphatic carboxylic acids is 1. The van der Waals surface area contributed by atoms with E-state index in [2.05, 4.69) is 4.74 Å². The molecule has 0 aliphatic carbocycles. The maximum Gasteiger partial charge on any atom is 0.416 e. The first kappa shape index (κ1) is 14.1. The SMILES string of the molecule is COc1cc(C(F)(F)F)cc(O)c1C(N)C(=O)O. The number of hydrogen-bond acceptors (Lipinski definition) is 4. The summed E-state index contributed by atoms with van der Waals surface area (Å²) < 4.78 is 42.0. The number of benzene rings is 1. The van der Waals surface area contributed by atoms with Crippen LogP contribution < -0.4 is 10.5 Å². The molecule has 0 fully saturated rings. The fourth-order valence-electron chi connectivity index (χ4n) is 1.38. The zero-order valence-corrected chi connectivity index (χ0v) is 9.15. The normalized spacial score (nSPS) is 13.2. The van der Waals surface area contributed by atoms with E-state index in [9.17, 15) is 23.1 Å². The number of ether oxygens (including phenoxy) is 1. The number of carboxylic acid groups (broad SMARTS) is 1. The van der Waals surface area contributed by atoms with E-state index in [0.29, 0.717) is 12.1 Å². The average Bonchev–Trinajstić information content (AvgIpc) is 2.25. The van der Waals surface area contributed by atoms with Gasteiger partial charge in [-0.05, 0) is 12.1 Å². The van der Waals surface area contributed by atoms with Gasteiger partial charge in [-0.1, -0.05) is 0 Å². The fourth-order valence-corrected chi connectivity index (χ4v) is 1.38. The van der Waals surface area contributed by atoms with E-state index in [1.165, 1.54) is 0 Å². The number of carboxylic acids is 1. The van der Waals surface area contributed by atoms with Crippen LogP contribution in [0.3, 0.4) is 0 Å². The molecule has 0 bridgehead atoms. The van der Waals surface area contributed by atoms with Crippen LogP contribution in [-0.4, -0.2) is 23.3 Å². The molecule has 0 heterocycles. The number of phenols is 1. The van der Waals surface area contributed by atoms with Crippen LogP contribution in [0.1, 0.15) is 17.2 Å². The molecule has 0 saturated carbocycles. The number of rotatable bonds is 3. The number of halogens is 3. The van der Waals surface area contributed by atoms with Crippen LogP contribution >= 0.6 is 0 Å². The molecule has 8 heteroatoms. The van der Waals surface area contributed by atoms with Crippen LogP contribution in [0.4, 0.5) is 13.2 Å². The van der Waals surface area contributed by atoms with Gasteiger partial charge in [0.25, 0.3) is 0 Å². The fraction of sp³-hybridized carbons (Fsp3) is 0.300. The van der Waals surface area contributed by atoms with Gasteiger partial charge in [0.1, 0.15) is 17.5 Å². The minimum atomic E-state index is -4.68. The Kier molecular flexibility index (Phi) is 3.70. The van der Waals surface area contributed by atoms with Gasteiger partial charge >= 0.3 is 12.1 Å². The molecule has 0 saturated heterocycles. The first-order valence-corrected chi connectivity index (χ1v) is 4.65. The van der Waals surface area contributed by atoms with Crippen LogP contribution in [0.25, 0.3) is 0 Å². The van der Waals surface area contributed by atoms with Crippen molar-refractivity contribution >= 4 is 5.97 Å². The quantitative estimate of drug-likeness (QED) is 0.770. The predicted octanol–water partition coefficient (Wildman–Crippen LogP) is 1.50. The zero-order chi connectivity index (χ0) is 14.1. The third kappa shape index (κ3) is 2.65. The van der Waals surface area contributed by atoms with Crippen LogP contribution in [0.5, 0.6) is 11.5 Å². The maximum absolute atomic E-state index is 12.5. The Bertz CT molecular complexity index is 473. The second kappa shape index (κ2) is 4.73. The van der Waals surface area contributed by atoms with Crippen LogP contribution in [0.2, 0.25) is 0 Å². The van der Waals surface area contributed by atoms with E-state index >= 15 is 0 Å². The van der Waals surface area contributed by atoms with Crippen molar-refractivity contribution in [3.8, 4) is 11.5 Å². The summed E-state index contributed by atoms with van der Waals surface area (Å²) in [6, 6.07) is -0.694. The van der Waals surface area contributed by atoms with Crippen LogP contribution in [0.15, 0.2) is 12.1 Å². The second-order valence-corrected chi connectivity index (χ2v) is 3.42. The Labute approximate surface area is 99.6 Å². The van der Waals surface area contributed by atoms with Crippen molar-refractivity contribution in [2.75, 3.05) is 7.11 Å². The van der Waals surface area contributed by atoms with E-state index in [-0.39, 0.29) is 0 Å². The van der Waals surface area contributed by atoms with Gasteiger partial charge in [0.2, 0.25) is 0 Å². The number of phenolic OH excluding ortho intramolecular Hbond substituents is 1. The molecule has 0 aliphatic rings. The van der Waals surface area contributed by atoms with Crippen molar-refractivity contribution in [3.63, 3.8) is 0 Å². The molecule has 1 atom stereocenters. The topological polar surface area (TPSA) is 92.8 Å². The summed E-state index contributed by atoms with van der Waals surface area (Å²) in [4.78, 5) is 10.7. The molecule has 0 spiro atoms. The highest BCUT2D eigenvalue weighted by molar-refractivity contribution is 5.78. The van der Waals surface area contributed by atoms with Crippen molar-refractivity contribution in [2.24, 2.45) is 5.73 Å². The van der Waals surface area contributed by atoms with Gasteiger partial charge in [-0.25, -0.2) is 0 Å². The van der Waals surface area contributed by atoms with E-state index in [4.69, 9.17) is 10.8 Å². The lowest BCUT2D eigenvalue weighted by molar-refractivity contribution is -0.138. The zero-order valence-electron chi connectivity index (χ0n) is 9.15. The van der Waals surface area contributed by atoms with E-state index < -0.39 is 40.8 Å². The minimum absolute atomic E-state index is 0.403. The number of hydrogen-bond donors (Lipinski definition) is 3. The molecule has 4 N–H and O–H groups in total. The summed E-state index contributed by atoms with van der Waals surface area (Å²) in [5.74, 6) is -2.81. The lowest BCUT2D eigenvalue weighted by Gasteiger charge is -2.16. The Morgan fingerprint density at radius 2 is 2.00 bits per heavy atom. The van der Waals surface area contributed by atoms with Gasteiger partial charge in [0, 0.05) is 0 Å². The summed E-state index contributed by atoms with van der Waals surface area (Å²) >= 11 is 0. The van der Waals surface area contributed by atoms with E-state index in [1.807, 2.05) is 0 Å². The first-order chi connectivity index (χ1) is 8.18. The third-order valence-corrected chi connectivity index (χ3v) is 2.24. The maximum atomic E-state index is 12.5. The van der Waals surface area contributed by atoms with Crippen LogP contribution in [0, 0.1) is 0 Å². The number of nitrogens with two attached hydrogens (primary N) is 1. The van der Waals surface area contributed by atoms with Gasteiger partial charge in [0.15, 0.2) is 0 Å². The summed E-state index contributed by atoms with van der Waals surface area (Å²) in [5.41, 5.74) is 3.69. The molecule has 1 rings (SSSR count). The summed E-state index contributed by atoms with van der Waals surface area (Å²) in [7, 11) is 1.05. The van der Waals surface area contributed by atoms with Crippen molar-refractivity contribution in [3.05, 3.63) is 23.3 Å². The summed E-state index contributed by atoms with van der Waals surface area (Å²) in [6.45, 7) is 0. The number of alkyl halides is 3. The molecule has 18 heavy (non-hydrogen) atoms. The predicted molar refractivity (Wildman–Crippen MR) is 54.2 cm³/mol. The van der Waals surface area contributed by atoms with Gasteiger partial charge in [-0.15, -0.1) is 0 Å². The highest BCUT2D eigenvalue weighted by Crippen LogP contribution is 2.39. The molecular formula is C10H10F3NO4. The molecule has 1 unspecified atom stereocenters.